The summed E-state index contributed by atoms with van der Waals surface area (Å²) in [6, 6.07) is -0.0738. The zero-order valence-electron chi connectivity index (χ0n) is 14.0. The second-order valence-electron chi connectivity index (χ2n) is 6.90. The van der Waals surface area contributed by atoms with Gasteiger partial charge in [0.25, 0.3) is 0 Å². The fraction of sp³-hybridized carbons (Fsp3) is 0.625. The maximum atomic E-state index is 12.3. The molecule has 0 saturated heterocycles. The minimum atomic E-state index is -0.154. The largest absolute Gasteiger partial charge is 0.333 e. The number of fused-ring (bicyclic) bond motifs is 1. The Morgan fingerprint density at radius 2 is 2.21 bits per heavy atom. The molecule has 4 rings (SSSR count). The second-order valence-corrected chi connectivity index (χ2v) is 7.75. The first-order valence-corrected chi connectivity index (χ1v) is 9.42. The van der Waals surface area contributed by atoms with Crippen LogP contribution >= 0.6 is 11.3 Å². The number of rotatable bonds is 4. The van der Waals surface area contributed by atoms with Crippen LogP contribution in [-0.2, 0) is 13.0 Å². The highest BCUT2D eigenvalue weighted by molar-refractivity contribution is 7.14. The molecule has 1 fully saturated rings. The summed E-state index contributed by atoms with van der Waals surface area (Å²) in [6.45, 7) is 4.87. The predicted octanol–water partition coefficient (Wildman–Crippen LogP) is 2.87. The van der Waals surface area contributed by atoms with Gasteiger partial charge in [0.15, 0.2) is 5.82 Å². The van der Waals surface area contributed by atoms with Crippen LogP contribution in [0, 0.1) is 0 Å². The average molecular weight is 346 g/mol. The lowest BCUT2D eigenvalue weighted by Gasteiger charge is -2.23. The number of hydrogen-bond acceptors (Lipinski definition) is 5. The number of thiazole rings is 1. The van der Waals surface area contributed by atoms with E-state index >= 15 is 0 Å². The van der Waals surface area contributed by atoms with Gasteiger partial charge in [-0.05, 0) is 19.3 Å². The lowest BCUT2D eigenvalue weighted by Crippen LogP contribution is -2.43. The monoisotopic (exact) mass is 346 g/mol. The van der Waals surface area contributed by atoms with Crippen LogP contribution in [0.3, 0.4) is 0 Å². The van der Waals surface area contributed by atoms with E-state index in [1.807, 2.05) is 4.68 Å². The van der Waals surface area contributed by atoms with E-state index in [0.717, 1.165) is 35.2 Å². The van der Waals surface area contributed by atoms with Gasteiger partial charge in [-0.3, -0.25) is 5.32 Å². The van der Waals surface area contributed by atoms with E-state index in [4.69, 9.17) is 0 Å². The maximum absolute atomic E-state index is 12.3. The van der Waals surface area contributed by atoms with Crippen LogP contribution in [0.5, 0.6) is 0 Å². The minimum Gasteiger partial charge on any atom is -0.333 e. The third kappa shape index (κ3) is 3.15. The van der Waals surface area contributed by atoms with Gasteiger partial charge in [-0.2, -0.15) is 5.10 Å². The summed E-state index contributed by atoms with van der Waals surface area (Å²) in [5.74, 6) is 2.77. The number of aryl methyl sites for hydroxylation is 1. The van der Waals surface area contributed by atoms with E-state index in [1.54, 1.807) is 5.51 Å². The van der Waals surface area contributed by atoms with Crippen molar-refractivity contribution in [1.82, 2.24) is 25.1 Å². The molecule has 0 radical (unpaired) electrons. The Labute approximate surface area is 144 Å². The Balaban J connectivity index is 1.37. The van der Waals surface area contributed by atoms with Gasteiger partial charge in [-0.25, -0.2) is 19.4 Å². The molecule has 0 spiro atoms. The molecule has 3 heterocycles. The molecule has 1 saturated carbocycles. The van der Waals surface area contributed by atoms with E-state index in [1.165, 1.54) is 24.2 Å². The Morgan fingerprint density at radius 3 is 2.96 bits per heavy atom. The number of amides is 2. The van der Waals surface area contributed by atoms with Gasteiger partial charge >= 0.3 is 6.03 Å². The molecule has 0 aromatic carbocycles. The lowest BCUT2D eigenvalue weighted by atomic mass is 10.1. The summed E-state index contributed by atoms with van der Waals surface area (Å²) >= 11 is 1.49. The molecule has 1 aliphatic heterocycles. The van der Waals surface area contributed by atoms with Crippen molar-refractivity contribution < 1.29 is 4.79 Å². The molecule has 24 heavy (non-hydrogen) atoms. The van der Waals surface area contributed by atoms with Crippen molar-refractivity contribution in [2.75, 3.05) is 5.32 Å². The topological polar surface area (TPSA) is 84.7 Å². The first kappa shape index (κ1) is 15.6. The zero-order chi connectivity index (χ0) is 16.7. The first-order chi connectivity index (χ1) is 11.6. The van der Waals surface area contributed by atoms with Crippen molar-refractivity contribution in [3.63, 3.8) is 0 Å². The van der Waals surface area contributed by atoms with Gasteiger partial charge in [-0.1, -0.05) is 13.8 Å². The van der Waals surface area contributed by atoms with E-state index in [9.17, 15) is 4.79 Å². The molecule has 2 aromatic rings. The second kappa shape index (κ2) is 6.16. The molecule has 8 heteroatoms. The van der Waals surface area contributed by atoms with Crippen molar-refractivity contribution >= 4 is 22.4 Å². The van der Waals surface area contributed by atoms with Gasteiger partial charge in [-0.15, -0.1) is 11.3 Å². The third-order valence-corrected chi connectivity index (χ3v) is 5.27. The van der Waals surface area contributed by atoms with Gasteiger partial charge in [0.05, 0.1) is 23.8 Å². The smallest absolute Gasteiger partial charge is 0.320 e. The van der Waals surface area contributed by atoms with Gasteiger partial charge in [0, 0.05) is 18.3 Å². The fourth-order valence-electron chi connectivity index (χ4n) is 3.01. The first-order valence-electron chi connectivity index (χ1n) is 8.54. The van der Waals surface area contributed by atoms with Crippen LogP contribution in [0.1, 0.15) is 62.3 Å². The number of hydrogen-bond donors (Lipinski definition) is 2. The molecule has 128 valence electrons. The number of carbonyl (C=O) groups is 1. The van der Waals surface area contributed by atoms with Crippen molar-refractivity contribution in [2.24, 2.45) is 0 Å². The molecule has 7 nitrogen and oxygen atoms in total. The van der Waals surface area contributed by atoms with E-state index in [-0.39, 0.29) is 12.1 Å². The highest BCUT2D eigenvalue weighted by Crippen LogP contribution is 2.43. The van der Waals surface area contributed by atoms with E-state index in [2.05, 4.69) is 39.5 Å². The third-order valence-electron chi connectivity index (χ3n) is 4.51. The molecule has 1 unspecified atom stereocenters. The summed E-state index contributed by atoms with van der Waals surface area (Å²) < 4.78 is 1.94. The van der Waals surface area contributed by atoms with Gasteiger partial charge < -0.3 is 5.32 Å². The Bertz CT molecular complexity index is 748. The quantitative estimate of drug-likeness (QED) is 0.891. The summed E-state index contributed by atoms with van der Waals surface area (Å²) in [5.41, 5.74) is 2.85. The molecule has 1 aliphatic carbocycles. The van der Waals surface area contributed by atoms with Gasteiger partial charge in [0.1, 0.15) is 10.8 Å². The summed E-state index contributed by atoms with van der Waals surface area (Å²) in [5, 5.41) is 11.5. The van der Waals surface area contributed by atoms with Crippen LogP contribution in [0.25, 0.3) is 0 Å². The molecule has 0 bridgehead atoms. The number of anilines is 1. The number of aromatic nitrogens is 4. The van der Waals surface area contributed by atoms with Crippen molar-refractivity contribution in [2.45, 2.75) is 64.0 Å². The summed E-state index contributed by atoms with van der Waals surface area (Å²) in [6.07, 6.45) is 4.09. The summed E-state index contributed by atoms with van der Waals surface area (Å²) in [7, 11) is 0. The maximum Gasteiger partial charge on any atom is 0.320 e. The molecule has 2 amide bonds. The minimum absolute atomic E-state index is 0.0801. The molecule has 2 aliphatic rings. The highest BCUT2D eigenvalue weighted by Gasteiger charge is 2.29. The number of nitrogens with one attached hydrogen (secondary N) is 2. The Kier molecular flexibility index (Phi) is 3.99. The number of urea groups is 1. The lowest BCUT2D eigenvalue weighted by molar-refractivity contribution is 0.243. The van der Waals surface area contributed by atoms with Crippen LogP contribution in [0.4, 0.5) is 9.80 Å². The summed E-state index contributed by atoms with van der Waals surface area (Å²) in [4.78, 5) is 21.3. The van der Waals surface area contributed by atoms with Crippen molar-refractivity contribution in [3.05, 3.63) is 22.9 Å². The molecule has 1 atom stereocenters. The highest BCUT2D eigenvalue weighted by atomic mass is 32.1. The normalized spacial score (nSPS) is 20.0. The zero-order valence-corrected chi connectivity index (χ0v) is 14.8. The van der Waals surface area contributed by atoms with Gasteiger partial charge in [0.2, 0.25) is 0 Å². The molecular formula is C16H22N6OS. The predicted molar refractivity (Wildman–Crippen MR) is 92.5 cm³/mol. The fourth-order valence-corrected chi connectivity index (χ4v) is 3.77. The molecule has 2 N–H and O–H groups in total. The van der Waals surface area contributed by atoms with Crippen molar-refractivity contribution in [3.8, 4) is 0 Å². The van der Waals surface area contributed by atoms with Crippen LogP contribution < -0.4 is 10.6 Å². The SMILES string of the molecule is CC(C)c1nc2n(n1)CC(NC(=O)Nc1scnc1C1CC1)CC2. The van der Waals surface area contributed by atoms with E-state index in [0.29, 0.717) is 18.4 Å². The number of carbonyl (C=O) groups excluding carboxylic acids is 1. The van der Waals surface area contributed by atoms with Crippen LogP contribution in [0.2, 0.25) is 0 Å². The standard InChI is InChI=1S/C16H22N6OS/c1-9(2)14-19-12-6-5-11(7-22(12)21-14)18-16(23)20-15-13(10-3-4-10)17-8-24-15/h8-11H,3-7H2,1-2H3,(H2,18,20,23). The van der Waals surface area contributed by atoms with Crippen LogP contribution in [-0.4, -0.2) is 31.8 Å². The Hall–Kier alpha value is -1.96. The molecular weight excluding hydrogens is 324 g/mol. The Morgan fingerprint density at radius 1 is 1.38 bits per heavy atom. The average Bonchev–Trinajstić information content (AvgIpc) is 3.12. The molecule has 2 aromatic heterocycles. The number of nitrogens with zero attached hydrogens (tertiary/aromatic N) is 4. The van der Waals surface area contributed by atoms with Crippen molar-refractivity contribution in [1.29, 1.82) is 0 Å². The van der Waals surface area contributed by atoms with E-state index < -0.39 is 0 Å². The van der Waals surface area contributed by atoms with Crippen LogP contribution in [0.15, 0.2) is 5.51 Å².